The summed E-state index contributed by atoms with van der Waals surface area (Å²) in [5.41, 5.74) is 11.0. The second-order valence-corrected chi connectivity index (χ2v) is 8.80. The monoisotopic (exact) mass is 351 g/mol. The van der Waals surface area contributed by atoms with E-state index >= 15 is 0 Å². The highest BCUT2D eigenvalue weighted by molar-refractivity contribution is 6.41. The summed E-state index contributed by atoms with van der Waals surface area (Å²) in [4.78, 5) is 10.2. The molecule has 0 radical (unpaired) electrons. The van der Waals surface area contributed by atoms with Crippen LogP contribution in [0.1, 0.15) is 74.5 Å². The number of benzene rings is 1. The number of amidine groups is 1. The highest BCUT2D eigenvalue weighted by atomic mass is 16.5. The first-order chi connectivity index (χ1) is 12.6. The summed E-state index contributed by atoms with van der Waals surface area (Å²) < 4.78 is 5.64. The van der Waals surface area contributed by atoms with E-state index in [0.29, 0.717) is 11.9 Å². The molecule has 2 saturated carbocycles. The minimum absolute atomic E-state index is 0.0605. The summed E-state index contributed by atoms with van der Waals surface area (Å²) in [7, 11) is 1.83. The van der Waals surface area contributed by atoms with Crippen LogP contribution in [-0.2, 0) is 16.8 Å². The van der Waals surface area contributed by atoms with Crippen LogP contribution in [0, 0.1) is 5.41 Å². The van der Waals surface area contributed by atoms with E-state index in [1.807, 2.05) is 14.0 Å². The van der Waals surface area contributed by atoms with Crippen molar-refractivity contribution in [1.29, 1.82) is 0 Å². The molecule has 138 valence electrons. The maximum Gasteiger partial charge on any atom is 0.184 e. The van der Waals surface area contributed by atoms with Crippen LogP contribution in [0.2, 0.25) is 0 Å². The third-order valence-electron chi connectivity index (χ3n) is 7.56. The van der Waals surface area contributed by atoms with Gasteiger partial charge in [-0.3, -0.25) is 4.99 Å². The molecule has 0 aromatic heterocycles. The zero-order valence-electron chi connectivity index (χ0n) is 15.9. The van der Waals surface area contributed by atoms with E-state index in [1.165, 1.54) is 36.0 Å². The Hall–Kier alpha value is -1.68. The summed E-state index contributed by atoms with van der Waals surface area (Å²) in [6, 6.07) is 7.14. The number of methoxy groups -OCH3 is 1. The molecule has 1 heterocycles. The van der Waals surface area contributed by atoms with Gasteiger partial charge in [-0.1, -0.05) is 24.6 Å². The molecule has 1 aromatic rings. The normalized spacial score (nSPS) is 36.2. The highest BCUT2D eigenvalue weighted by Crippen LogP contribution is 2.62. The van der Waals surface area contributed by atoms with E-state index in [1.54, 1.807) is 0 Å². The van der Waals surface area contributed by atoms with Gasteiger partial charge in [0.15, 0.2) is 5.66 Å². The second kappa shape index (κ2) is 5.66. The third kappa shape index (κ3) is 2.11. The molecule has 2 fully saturated rings. The van der Waals surface area contributed by atoms with Crippen LogP contribution in [-0.4, -0.2) is 24.8 Å². The van der Waals surface area contributed by atoms with Crippen molar-refractivity contribution in [3.63, 3.8) is 0 Å². The quantitative estimate of drug-likeness (QED) is 0.873. The molecule has 2 spiro atoms. The van der Waals surface area contributed by atoms with E-state index < -0.39 is 5.66 Å². The lowest BCUT2D eigenvalue weighted by Gasteiger charge is -2.44. The first-order valence-corrected chi connectivity index (χ1v) is 10.2. The molecule has 1 atom stereocenters. The molecule has 4 heteroatoms. The maximum atomic E-state index is 6.26. The molecule has 0 saturated heterocycles. The third-order valence-corrected chi connectivity index (χ3v) is 7.56. The van der Waals surface area contributed by atoms with Gasteiger partial charge in [0.1, 0.15) is 5.84 Å². The van der Waals surface area contributed by atoms with Crippen molar-refractivity contribution in [2.24, 2.45) is 21.1 Å². The van der Waals surface area contributed by atoms with E-state index in [9.17, 15) is 0 Å². The molecule has 0 amide bonds. The van der Waals surface area contributed by atoms with Crippen LogP contribution >= 0.6 is 0 Å². The number of ether oxygens (including phenoxy) is 1. The van der Waals surface area contributed by atoms with Crippen LogP contribution < -0.4 is 5.73 Å². The Balaban J connectivity index is 1.62. The summed E-state index contributed by atoms with van der Waals surface area (Å²) in [5, 5.41) is 0. The van der Waals surface area contributed by atoms with Gasteiger partial charge in [0.2, 0.25) is 0 Å². The van der Waals surface area contributed by atoms with Crippen LogP contribution in [0.3, 0.4) is 0 Å². The number of nitrogens with two attached hydrogens (primary N) is 1. The highest BCUT2D eigenvalue weighted by Gasteiger charge is 2.60. The Labute approximate surface area is 155 Å². The smallest absolute Gasteiger partial charge is 0.184 e. The zero-order valence-corrected chi connectivity index (χ0v) is 15.9. The lowest BCUT2D eigenvalue weighted by Crippen LogP contribution is -2.43. The fraction of sp³-hybridized carbons (Fsp3) is 0.636. The number of aliphatic imine (C=N–C) groups is 2. The van der Waals surface area contributed by atoms with Gasteiger partial charge in [-0.05, 0) is 68.9 Å². The second-order valence-electron chi connectivity index (χ2n) is 8.80. The van der Waals surface area contributed by atoms with Gasteiger partial charge in [0.25, 0.3) is 0 Å². The van der Waals surface area contributed by atoms with E-state index in [2.05, 4.69) is 18.2 Å². The number of nitrogens with zero attached hydrogens (tertiary/aromatic N) is 2. The minimum atomic E-state index is -0.491. The van der Waals surface area contributed by atoms with Crippen molar-refractivity contribution in [2.45, 2.75) is 76.0 Å². The summed E-state index contributed by atoms with van der Waals surface area (Å²) >= 11 is 0. The lowest BCUT2D eigenvalue weighted by atomic mass is 9.65. The van der Waals surface area contributed by atoms with Gasteiger partial charge in [-0.25, -0.2) is 4.99 Å². The molecular weight excluding hydrogens is 322 g/mol. The van der Waals surface area contributed by atoms with Crippen molar-refractivity contribution in [3.05, 3.63) is 34.9 Å². The van der Waals surface area contributed by atoms with Gasteiger partial charge in [0.05, 0.1) is 11.8 Å². The molecule has 2 N–H and O–H groups in total. The lowest BCUT2D eigenvalue weighted by molar-refractivity contribution is -0.000389. The molecule has 1 aromatic carbocycles. The van der Waals surface area contributed by atoms with Crippen molar-refractivity contribution in [3.8, 4) is 0 Å². The Morgan fingerprint density at radius 3 is 2.46 bits per heavy atom. The fourth-order valence-corrected chi connectivity index (χ4v) is 5.68. The number of hydrogen-bond donors (Lipinski definition) is 1. The Morgan fingerprint density at radius 2 is 1.88 bits per heavy atom. The summed E-state index contributed by atoms with van der Waals surface area (Å²) in [6.45, 7) is 2.01. The zero-order chi connectivity index (χ0) is 17.9. The van der Waals surface area contributed by atoms with Crippen LogP contribution in [0.5, 0.6) is 0 Å². The molecule has 0 bridgehead atoms. The number of fused-ring (bicyclic) bond motifs is 3. The van der Waals surface area contributed by atoms with Crippen LogP contribution in [0.4, 0.5) is 0 Å². The van der Waals surface area contributed by atoms with Gasteiger partial charge >= 0.3 is 0 Å². The summed E-state index contributed by atoms with van der Waals surface area (Å²) in [6.07, 6.45) is 9.82. The van der Waals surface area contributed by atoms with E-state index in [4.69, 9.17) is 20.5 Å². The van der Waals surface area contributed by atoms with Crippen molar-refractivity contribution < 1.29 is 4.74 Å². The molecule has 4 nitrogen and oxygen atoms in total. The van der Waals surface area contributed by atoms with Crippen LogP contribution in [0.15, 0.2) is 28.2 Å². The molecule has 1 unspecified atom stereocenters. The van der Waals surface area contributed by atoms with E-state index in [0.717, 1.165) is 43.7 Å². The molecule has 26 heavy (non-hydrogen) atoms. The first kappa shape index (κ1) is 16.5. The maximum absolute atomic E-state index is 6.26. The SMILES string of the molecule is CO[C@H]1CC[C@]2(CC1)Cc1ccc(C3CCC3)cc1C21N=C(C)C(N)=N1. The molecule has 1 aliphatic heterocycles. The van der Waals surface area contributed by atoms with E-state index in [-0.39, 0.29) is 5.41 Å². The molecular formula is C22H29N3O. The topological polar surface area (TPSA) is 60.0 Å². The van der Waals surface area contributed by atoms with Gasteiger partial charge < -0.3 is 10.5 Å². The Morgan fingerprint density at radius 1 is 1.12 bits per heavy atom. The average Bonchev–Trinajstić information content (AvgIpc) is 3.03. The minimum Gasteiger partial charge on any atom is -0.382 e. The van der Waals surface area contributed by atoms with Crippen molar-refractivity contribution in [2.75, 3.05) is 7.11 Å². The first-order valence-electron chi connectivity index (χ1n) is 10.2. The average molecular weight is 351 g/mol. The number of rotatable bonds is 2. The van der Waals surface area contributed by atoms with Gasteiger partial charge in [-0.15, -0.1) is 0 Å². The van der Waals surface area contributed by atoms with Crippen LogP contribution in [0.25, 0.3) is 0 Å². The predicted octanol–water partition coefficient (Wildman–Crippen LogP) is 4.07. The number of hydrogen-bond acceptors (Lipinski definition) is 4. The summed E-state index contributed by atoms with van der Waals surface area (Å²) in [5.74, 6) is 1.35. The predicted molar refractivity (Wildman–Crippen MR) is 105 cm³/mol. The Kier molecular flexibility index (Phi) is 3.59. The largest absolute Gasteiger partial charge is 0.382 e. The van der Waals surface area contributed by atoms with Crippen molar-refractivity contribution >= 4 is 11.5 Å². The Bertz CT molecular complexity index is 780. The van der Waals surface area contributed by atoms with Gasteiger partial charge in [-0.2, -0.15) is 0 Å². The molecule has 4 aliphatic rings. The molecule has 3 aliphatic carbocycles. The standard InChI is InChI=1S/C22H29N3O/c1-14-20(23)25-22(24-14)19-12-16(15-4-3-5-15)6-7-17(19)13-21(22)10-8-18(26-2)9-11-21/h6-7,12,15,18H,3-5,8-11,13H2,1-2H3,(H2,23,25)/t18-,21-,22?. The van der Waals surface area contributed by atoms with Crippen molar-refractivity contribution in [1.82, 2.24) is 0 Å². The van der Waals surface area contributed by atoms with Gasteiger partial charge in [0, 0.05) is 18.1 Å². The fourth-order valence-electron chi connectivity index (χ4n) is 5.68. The molecule has 5 rings (SSSR count).